The van der Waals surface area contributed by atoms with Crippen LogP contribution < -0.4 is 10.6 Å². The summed E-state index contributed by atoms with van der Waals surface area (Å²) >= 11 is 0. The first-order valence-corrected chi connectivity index (χ1v) is 7.09. The molecule has 1 unspecified atom stereocenters. The highest BCUT2D eigenvalue weighted by atomic mass is 127. The average molecular weight is 406 g/mol. The number of guanidine groups is 1. The van der Waals surface area contributed by atoms with Crippen LogP contribution >= 0.6 is 24.0 Å². The van der Waals surface area contributed by atoms with Gasteiger partial charge in [0.1, 0.15) is 5.82 Å². The first-order chi connectivity index (χ1) is 9.70. The highest BCUT2D eigenvalue weighted by molar-refractivity contribution is 14.0. The monoisotopic (exact) mass is 406 g/mol. The maximum atomic E-state index is 13.5. The van der Waals surface area contributed by atoms with Crippen LogP contribution in [-0.4, -0.2) is 44.1 Å². The molecule has 1 atom stereocenters. The van der Waals surface area contributed by atoms with Gasteiger partial charge in [0.2, 0.25) is 0 Å². The number of benzene rings is 1. The number of hydrogen-bond donors (Lipinski definition) is 2. The van der Waals surface area contributed by atoms with E-state index in [1.54, 1.807) is 19.2 Å². The SMILES string of the molecule is CN=C(NCc1ccccc1F)NCC1CCCN1C.I. The molecule has 6 heteroatoms. The molecule has 4 nitrogen and oxygen atoms in total. The van der Waals surface area contributed by atoms with E-state index >= 15 is 0 Å². The van der Waals surface area contributed by atoms with Crippen LogP contribution in [0.5, 0.6) is 0 Å². The van der Waals surface area contributed by atoms with Gasteiger partial charge in [0, 0.05) is 31.7 Å². The van der Waals surface area contributed by atoms with Crippen LogP contribution in [0.2, 0.25) is 0 Å². The Bertz CT molecular complexity index is 467. The third-order valence-electron chi connectivity index (χ3n) is 3.80. The van der Waals surface area contributed by atoms with E-state index in [0.717, 1.165) is 13.1 Å². The summed E-state index contributed by atoms with van der Waals surface area (Å²) in [7, 11) is 3.88. The zero-order valence-corrected chi connectivity index (χ0v) is 14.9. The van der Waals surface area contributed by atoms with Gasteiger partial charge in [0.15, 0.2) is 5.96 Å². The molecule has 1 aliphatic heterocycles. The average Bonchev–Trinajstić information content (AvgIpc) is 2.86. The smallest absolute Gasteiger partial charge is 0.191 e. The maximum absolute atomic E-state index is 13.5. The van der Waals surface area contributed by atoms with Crippen molar-refractivity contribution in [3.05, 3.63) is 35.6 Å². The van der Waals surface area contributed by atoms with Gasteiger partial charge in [-0.3, -0.25) is 4.99 Å². The zero-order chi connectivity index (χ0) is 14.4. The number of nitrogens with zero attached hydrogens (tertiary/aromatic N) is 2. The molecule has 1 saturated heterocycles. The summed E-state index contributed by atoms with van der Waals surface area (Å²) in [5.41, 5.74) is 0.647. The summed E-state index contributed by atoms with van der Waals surface area (Å²) in [4.78, 5) is 6.53. The summed E-state index contributed by atoms with van der Waals surface area (Å²) in [6.45, 7) is 2.47. The molecule has 1 aromatic rings. The molecule has 0 bridgehead atoms. The second-order valence-corrected chi connectivity index (χ2v) is 5.17. The number of halogens is 2. The van der Waals surface area contributed by atoms with Gasteiger partial charge in [0.05, 0.1) is 0 Å². The normalized spacial score (nSPS) is 19.2. The second-order valence-electron chi connectivity index (χ2n) is 5.17. The van der Waals surface area contributed by atoms with E-state index in [-0.39, 0.29) is 29.8 Å². The van der Waals surface area contributed by atoms with E-state index in [1.807, 2.05) is 6.07 Å². The van der Waals surface area contributed by atoms with Gasteiger partial charge in [-0.05, 0) is 32.5 Å². The molecule has 1 fully saturated rings. The molecule has 1 aromatic carbocycles. The summed E-state index contributed by atoms with van der Waals surface area (Å²) in [6, 6.07) is 7.34. The van der Waals surface area contributed by atoms with Crippen LogP contribution in [-0.2, 0) is 6.54 Å². The molecular formula is C15H24FIN4. The van der Waals surface area contributed by atoms with Crippen LogP contribution in [0.3, 0.4) is 0 Å². The van der Waals surface area contributed by atoms with Gasteiger partial charge in [0.25, 0.3) is 0 Å². The van der Waals surface area contributed by atoms with Crippen molar-refractivity contribution in [2.24, 2.45) is 4.99 Å². The van der Waals surface area contributed by atoms with Crippen molar-refractivity contribution in [2.75, 3.05) is 27.2 Å². The molecule has 0 aromatic heterocycles. The topological polar surface area (TPSA) is 39.7 Å². The highest BCUT2D eigenvalue weighted by Crippen LogP contribution is 2.13. The molecule has 0 aliphatic carbocycles. The number of aliphatic imine (C=N–C) groups is 1. The third kappa shape index (κ3) is 5.43. The van der Waals surface area contributed by atoms with Gasteiger partial charge < -0.3 is 15.5 Å². The van der Waals surface area contributed by atoms with Crippen molar-refractivity contribution in [1.29, 1.82) is 0 Å². The Labute approximate surface area is 143 Å². The molecule has 0 amide bonds. The van der Waals surface area contributed by atoms with E-state index in [9.17, 15) is 4.39 Å². The second kappa shape index (κ2) is 9.19. The van der Waals surface area contributed by atoms with Crippen molar-refractivity contribution >= 4 is 29.9 Å². The van der Waals surface area contributed by atoms with E-state index in [0.29, 0.717) is 24.1 Å². The first-order valence-electron chi connectivity index (χ1n) is 7.09. The van der Waals surface area contributed by atoms with Crippen molar-refractivity contribution < 1.29 is 4.39 Å². The van der Waals surface area contributed by atoms with Crippen molar-refractivity contribution in [3.8, 4) is 0 Å². The quantitative estimate of drug-likeness (QED) is 0.458. The predicted molar refractivity (Wildman–Crippen MR) is 95.7 cm³/mol. The fraction of sp³-hybridized carbons (Fsp3) is 0.533. The molecule has 0 radical (unpaired) electrons. The minimum atomic E-state index is -0.189. The van der Waals surface area contributed by atoms with Crippen LogP contribution in [0.25, 0.3) is 0 Å². The summed E-state index contributed by atoms with van der Waals surface area (Å²) in [5.74, 6) is 0.527. The Balaban J connectivity index is 0.00000220. The number of likely N-dealkylation sites (tertiary alicyclic amines) is 1. The minimum Gasteiger partial charge on any atom is -0.355 e. The molecule has 0 saturated carbocycles. The van der Waals surface area contributed by atoms with Crippen molar-refractivity contribution in [2.45, 2.75) is 25.4 Å². The molecule has 0 spiro atoms. The van der Waals surface area contributed by atoms with Crippen molar-refractivity contribution in [1.82, 2.24) is 15.5 Å². The van der Waals surface area contributed by atoms with E-state index in [4.69, 9.17) is 0 Å². The Hall–Kier alpha value is -0.890. The summed E-state index contributed by atoms with van der Waals surface area (Å²) < 4.78 is 13.5. The van der Waals surface area contributed by atoms with E-state index in [1.165, 1.54) is 18.9 Å². The highest BCUT2D eigenvalue weighted by Gasteiger charge is 2.20. The standard InChI is InChI=1S/C15H23FN4.HI/c1-17-15(19-11-13-7-5-9-20(13)2)18-10-12-6-3-4-8-14(12)16;/h3-4,6,8,13H,5,7,9-11H2,1-2H3,(H2,17,18,19);1H. The van der Waals surface area contributed by atoms with Crippen LogP contribution in [0, 0.1) is 5.82 Å². The van der Waals surface area contributed by atoms with Gasteiger partial charge >= 0.3 is 0 Å². The van der Waals surface area contributed by atoms with Crippen LogP contribution in [0.4, 0.5) is 4.39 Å². The third-order valence-corrected chi connectivity index (χ3v) is 3.80. The number of nitrogens with one attached hydrogen (secondary N) is 2. The van der Waals surface area contributed by atoms with Gasteiger partial charge in [-0.25, -0.2) is 4.39 Å². The van der Waals surface area contributed by atoms with Gasteiger partial charge in [-0.1, -0.05) is 18.2 Å². The van der Waals surface area contributed by atoms with Crippen LogP contribution in [0.1, 0.15) is 18.4 Å². The first kappa shape index (κ1) is 18.2. The Morgan fingerprint density at radius 3 is 2.76 bits per heavy atom. The molecule has 1 aliphatic rings. The molecule has 118 valence electrons. The molecule has 21 heavy (non-hydrogen) atoms. The number of hydrogen-bond acceptors (Lipinski definition) is 2. The Morgan fingerprint density at radius 1 is 1.38 bits per heavy atom. The lowest BCUT2D eigenvalue weighted by Crippen LogP contribution is -2.43. The van der Waals surface area contributed by atoms with Crippen molar-refractivity contribution in [3.63, 3.8) is 0 Å². The fourth-order valence-electron chi connectivity index (χ4n) is 2.49. The fourth-order valence-corrected chi connectivity index (χ4v) is 2.49. The van der Waals surface area contributed by atoms with Gasteiger partial charge in [-0.15, -0.1) is 24.0 Å². The number of likely N-dealkylation sites (N-methyl/N-ethyl adjacent to an activating group) is 1. The predicted octanol–water partition coefficient (Wildman–Crippen LogP) is 2.20. The molecule has 1 heterocycles. The molecular weight excluding hydrogens is 382 g/mol. The number of rotatable bonds is 4. The lowest BCUT2D eigenvalue weighted by atomic mass is 10.2. The maximum Gasteiger partial charge on any atom is 0.191 e. The molecule has 2 N–H and O–H groups in total. The van der Waals surface area contributed by atoms with E-state index < -0.39 is 0 Å². The lowest BCUT2D eigenvalue weighted by molar-refractivity contribution is 0.309. The van der Waals surface area contributed by atoms with Gasteiger partial charge in [-0.2, -0.15) is 0 Å². The Morgan fingerprint density at radius 2 is 2.14 bits per heavy atom. The zero-order valence-electron chi connectivity index (χ0n) is 12.6. The summed E-state index contributed by atoms with van der Waals surface area (Å²) in [6.07, 6.45) is 2.47. The van der Waals surface area contributed by atoms with Crippen LogP contribution in [0.15, 0.2) is 29.3 Å². The lowest BCUT2D eigenvalue weighted by Gasteiger charge is -2.21. The largest absolute Gasteiger partial charge is 0.355 e. The van der Waals surface area contributed by atoms with E-state index in [2.05, 4.69) is 27.6 Å². The minimum absolute atomic E-state index is 0. The summed E-state index contributed by atoms with van der Waals surface area (Å²) in [5, 5.41) is 6.45. The Kier molecular flexibility index (Phi) is 7.95. The molecule has 2 rings (SSSR count).